The molecule has 1 amide bonds. The van der Waals surface area contributed by atoms with Gasteiger partial charge in [-0.2, -0.15) is 0 Å². The van der Waals surface area contributed by atoms with E-state index in [-0.39, 0.29) is 5.91 Å². The SMILES string of the molecule is O=C(NCCCN1CCc2ccccc21)c1cnc(N2CCOCC2)nc1. The molecule has 7 heteroatoms. The molecule has 1 aromatic carbocycles. The summed E-state index contributed by atoms with van der Waals surface area (Å²) in [5, 5.41) is 2.97. The van der Waals surface area contributed by atoms with Gasteiger partial charge in [0.05, 0.1) is 18.8 Å². The second-order valence-corrected chi connectivity index (χ2v) is 6.85. The Morgan fingerprint density at radius 3 is 2.70 bits per heavy atom. The van der Waals surface area contributed by atoms with Crippen LogP contribution in [0.3, 0.4) is 0 Å². The molecule has 1 N–H and O–H groups in total. The molecular weight excluding hydrogens is 342 g/mol. The van der Waals surface area contributed by atoms with Crippen molar-refractivity contribution in [1.82, 2.24) is 15.3 Å². The molecule has 2 aliphatic rings. The molecule has 0 aliphatic carbocycles. The first-order valence-corrected chi connectivity index (χ1v) is 9.57. The van der Waals surface area contributed by atoms with Crippen LogP contribution >= 0.6 is 0 Å². The standard InChI is InChI=1S/C20H25N5O2/c26-19(17-14-22-20(23-15-17)25-10-12-27-13-11-25)21-7-3-8-24-9-6-16-4-1-2-5-18(16)24/h1-2,4-5,14-15H,3,6-13H2,(H,21,26). The van der Waals surface area contributed by atoms with Gasteiger partial charge >= 0.3 is 0 Å². The minimum absolute atomic E-state index is 0.120. The number of ether oxygens (including phenoxy) is 1. The first-order chi connectivity index (χ1) is 13.3. The number of aromatic nitrogens is 2. The quantitative estimate of drug-likeness (QED) is 0.780. The molecule has 0 radical (unpaired) electrons. The molecule has 27 heavy (non-hydrogen) atoms. The van der Waals surface area contributed by atoms with E-state index in [0.29, 0.717) is 31.3 Å². The minimum atomic E-state index is -0.120. The number of anilines is 2. The topological polar surface area (TPSA) is 70.6 Å². The Labute approximate surface area is 159 Å². The number of nitrogens with zero attached hydrogens (tertiary/aromatic N) is 4. The predicted molar refractivity (Wildman–Crippen MR) is 104 cm³/mol. The van der Waals surface area contributed by atoms with Crippen molar-refractivity contribution in [3.05, 3.63) is 47.8 Å². The third-order valence-corrected chi connectivity index (χ3v) is 5.07. The monoisotopic (exact) mass is 367 g/mol. The number of amides is 1. The third kappa shape index (κ3) is 4.19. The van der Waals surface area contributed by atoms with Crippen LogP contribution in [0.25, 0.3) is 0 Å². The third-order valence-electron chi connectivity index (χ3n) is 5.07. The number of rotatable bonds is 6. The summed E-state index contributed by atoms with van der Waals surface area (Å²) in [6.07, 6.45) is 5.22. The summed E-state index contributed by atoms with van der Waals surface area (Å²) in [5.41, 5.74) is 3.24. The lowest BCUT2D eigenvalue weighted by atomic mass is 10.2. The van der Waals surface area contributed by atoms with Crippen molar-refractivity contribution in [2.24, 2.45) is 0 Å². The van der Waals surface area contributed by atoms with Gasteiger partial charge in [-0.1, -0.05) is 18.2 Å². The Morgan fingerprint density at radius 1 is 1.11 bits per heavy atom. The molecule has 1 saturated heterocycles. The van der Waals surface area contributed by atoms with Crippen LogP contribution in [0.1, 0.15) is 22.3 Å². The van der Waals surface area contributed by atoms with Gasteiger partial charge in [-0.15, -0.1) is 0 Å². The van der Waals surface area contributed by atoms with Gasteiger partial charge in [-0.3, -0.25) is 4.79 Å². The average molecular weight is 367 g/mol. The molecule has 0 atom stereocenters. The van der Waals surface area contributed by atoms with Gasteiger partial charge in [0.25, 0.3) is 5.91 Å². The number of hydrogen-bond donors (Lipinski definition) is 1. The fourth-order valence-corrected chi connectivity index (χ4v) is 3.58. The van der Waals surface area contributed by atoms with E-state index in [0.717, 1.165) is 39.0 Å². The molecule has 142 valence electrons. The van der Waals surface area contributed by atoms with Crippen molar-refractivity contribution in [2.75, 3.05) is 55.7 Å². The second kappa shape index (κ2) is 8.35. The van der Waals surface area contributed by atoms with Crippen LogP contribution in [-0.2, 0) is 11.2 Å². The van der Waals surface area contributed by atoms with Gasteiger partial charge in [0, 0.05) is 50.8 Å². The highest BCUT2D eigenvalue weighted by Gasteiger charge is 2.18. The maximum absolute atomic E-state index is 12.3. The molecule has 3 heterocycles. The fourth-order valence-electron chi connectivity index (χ4n) is 3.58. The van der Waals surface area contributed by atoms with Crippen molar-refractivity contribution >= 4 is 17.5 Å². The highest BCUT2D eigenvalue weighted by molar-refractivity contribution is 5.93. The number of carbonyl (C=O) groups excluding carboxylic acids is 1. The summed E-state index contributed by atoms with van der Waals surface area (Å²) in [7, 11) is 0. The lowest BCUT2D eigenvalue weighted by molar-refractivity contribution is 0.0952. The van der Waals surface area contributed by atoms with Gasteiger partial charge < -0.3 is 19.9 Å². The Hall–Kier alpha value is -2.67. The van der Waals surface area contributed by atoms with E-state index in [4.69, 9.17) is 4.74 Å². The number of hydrogen-bond acceptors (Lipinski definition) is 6. The zero-order valence-corrected chi connectivity index (χ0v) is 15.4. The van der Waals surface area contributed by atoms with Crippen molar-refractivity contribution in [3.8, 4) is 0 Å². The number of fused-ring (bicyclic) bond motifs is 1. The van der Waals surface area contributed by atoms with Crippen LogP contribution in [0.4, 0.5) is 11.6 Å². The molecule has 4 rings (SSSR count). The van der Waals surface area contributed by atoms with E-state index in [1.165, 1.54) is 11.3 Å². The van der Waals surface area contributed by atoms with Gasteiger partial charge in [0.1, 0.15) is 0 Å². The molecule has 0 unspecified atom stereocenters. The summed E-state index contributed by atoms with van der Waals surface area (Å²) in [5.74, 6) is 0.535. The Balaban J connectivity index is 1.23. The number of carbonyl (C=O) groups is 1. The van der Waals surface area contributed by atoms with Crippen molar-refractivity contribution in [3.63, 3.8) is 0 Å². The second-order valence-electron chi connectivity index (χ2n) is 6.85. The van der Waals surface area contributed by atoms with Crippen LogP contribution in [0, 0.1) is 0 Å². The summed E-state index contributed by atoms with van der Waals surface area (Å²) >= 11 is 0. The van der Waals surface area contributed by atoms with E-state index in [9.17, 15) is 4.79 Å². The summed E-state index contributed by atoms with van der Waals surface area (Å²) in [6, 6.07) is 8.54. The van der Waals surface area contributed by atoms with Crippen LogP contribution in [0.15, 0.2) is 36.7 Å². The van der Waals surface area contributed by atoms with Gasteiger partial charge in [0.15, 0.2) is 0 Å². The zero-order chi connectivity index (χ0) is 18.5. The molecule has 1 aromatic heterocycles. The van der Waals surface area contributed by atoms with Crippen LogP contribution in [0.5, 0.6) is 0 Å². The molecule has 0 bridgehead atoms. The Bertz CT molecular complexity index is 774. The van der Waals surface area contributed by atoms with Gasteiger partial charge in [0.2, 0.25) is 5.95 Å². The zero-order valence-electron chi connectivity index (χ0n) is 15.4. The van der Waals surface area contributed by atoms with E-state index < -0.39 is 0 Å². The first kappa shape index (κ1) is 17.7. The lowest BCUT2D eigenvalue weighted by Gasteiger charge is -2.26. The largest absolute Gasteiger partial charge is 0.378 e. The maximum Gasteiger partial charge on any atom is 0.254 e. The number of para-hydroxylation sites is 1. The smallest absolute Gasteiger partial charge is 0.254 e. The Kier molecular flexibility index (Phi) is 5.48. The average Bonchev–Trinajstić information content (AvgIpc) is 3.15. The lowest BCUT2D eigenvalue weighted by Crippen LogP contribution is -2.37. The van der Waals surface area contributed by atoms with Crippen molar-refractivity contribution in [1.29, 1.82) is 0 Å². The number of morpholine rings is 1. The number of benzene rings is 1. The molecule has 0 spiro atoms. The first-order valence-electron chi connectivity index (χ1n) is 9.57. The van der Waals surface area contributed by atoms with E-state index >= 15 is 0 Å². The fraction of sp³-hybridized carbons (Fsp3) is 0.450. The van der Waals surface area contributed by atoms with Gasteiger partial charge in [-0.05, 0) is 24.5 Å². The van der Waals surface area contributed by atoms with E-state index in [2.05, 4.69) is 49.4 Å². The highest BCUT2D eigenvalue weighted by Crippen LogP contribution is 2.27. The van der Waals surface area contributed by atoms with Crippen LogP contribution in [0.2, 0.25) is 0 Å². The molecule has 0 saturated carbocycles. The van der Waals surface area contributed by atoms with E-state index in [1.54, 1.807) is 12.4 Å². The predicted octanol–water partition coefficient (Wildman–Crippen LogP) is 1.50. The molecular formula is C20H25N5O2. The number of nitrogens with one attached hydrogen (secondary N) is 1. The molecule has 7 nitrogen and oxygen atoms in total. The van der Waals surface area contributed by atoms with Crippen molar-refractivity contribution in [2.45, 2.75) is 12.8 Å². The van der Waals surface area contributed by atoms with Crippen molar-refractivity contribution < 1.29 is 9.53 Å². The van der Waals surface area contributed by atoms with Gasteiger partial charge in [-0.25, -0.2) is 9.97 Å². The van der Waals surface area contributed by atoms with Crippen LogP contribution < -0.4 is 15.1 Å². The maximum atomic E-state index is 12.3. The summed E-state index contributed by atoms with van der Waals surface area (Å²) in [4.78, 5) is 25.4. The Morgan fingerprint density at radius 2 is 1.89 bits per heavy atom. The highest BCUT2D eigenvalue weighted by atomic mass is 16.5. The summed E-state index contributed by atoms with van der Waals surface area (Å²) in [6.45, 7) is 5.59. The van der Waals surface area contributed by atoms with Crippen LogP contribution in [-0.4, -0.2) is 61.8 Å². The summed E-state index contributed by atoms with van der Waals surface area (Å²) < 4.78 is 5.33. The van der Waals surface area contributed by atoms with E-state index in [1.807, 2.05) is 0 Å². The molecule has 2 aromatic rings. The molecule has 2 aliphatic heterocycles. The normalized spacial score (nSPS) is 16.3. The minimum Gasteiger partial charge on any atom is -0.378 e. The molecule has 1 fully saturated rings.